The molecule has 0 saturated carbocycles. The molecule has 0 saturated heterocycles. The second-order valence-corrected chi connectivity index (χ2v) is 7.61. The number of nitrogens with two attached hydrogens (primary N) is 1. The van der Waals surface area contributed by atoms with E-state index in [0.29, 0.717) is 31.1 Å². The Morgan fingerprint density at radius 3 is 2.67 bits per heavy atom. The fourth-order valence-corrected chi connectivity index (χ4v) is 3.52. The number of ether oxygens (including phenoxy) is 2. The molecular weight excluding hydrogens is 426 g/mol. The predicted octanol–water partition coefficient (Wildman–Crippen LogP) is 3.04. The summed E-state index contributed by atoms with van der Waals surface area (Å²) in [6.07, 6.45) is 6.93. The standard InChI is InChI=1S/C24H27N3O6/c1-15-20(26-22(33-15)17-6-4-3-5-7-17)12-13-32-18-10-8-16(9-11-18)14-19(23(29)31-2)21(28)27-24(25)30/h3-8,10-11,16,19H,9,12-14H2,1-2H3,(H3,25,27,28,30). The smallest absolute Gasteiger partial charge is 0.318 e. The summed E-state index contributed by atoms with van der Waals surface area (Å²) >= 11 is 0. The molecule has 0 radical (unpaired) electrons. The van der Waals surface area contributed by atoms with Gasteiger partial charge in [0.25, 0.3) is 0 Å². The van der Waals surface area contributed by atoms with Gasteiger partial charge in [-0.1, -0.05) is 24.3 Å². The monoisotopic (exact) mass is 453 g/mol. The van der Waals surface area contributed by atoms with E-state index in [1.807, 2.05) is 54.7 Å². The molecule has 2 atom stereocenters. The molecule has 3 amide bonds. The molecule has 174 valence electrons. The number of hydrogen-bond acceptors (Lipinski definition) is 7. The van der Waals surface area contributed by atoms with Gasteiger partial charge in [-0.25, -0.2) is 9.78 Å². The maximum absolute atomic E-state index is 12.1. The van der Waals surface area contributed by atoms with E-state index in [1.54, 1.807) is 6.08 Å². The second-order valence-electron chi connectivity index (χ2n) is 7.61. The molecule has 9 heteroatoms. The number of carbonyl (C=O) groups excluding carboxylic acids is 3. The number of urea groups is 1. The van der Waals surface area contributed by atoms with Gasteiger partial charge in [0.15, 0.2) is 0 Å². The number of aromatic nitrogens is 1. The first-order valence-corrected chi connectivity index (χ1v) is 10.6. The molecule has 1 heterocycles. The Morgan fingerprint density at radius 1 is 1.27 bits per heavy atom. The van der Waals surface area contributed by atoms with Gasteiger partial charge in [-0.2, -0.15) is 0 Å². The van der Waals surface area contributed by atoms with Gasteiger partial charge < -0.3 is 19.6 Å². The molecule has 0 bridgehead atoms. The van der Waals surface area contributed by atoms with Crippen molar-refractivity contribution in [3.05, 3.63) is 65.8 Å². The van der Waals surface area contributed by atoms with Crippen molar-refractivity contribution in [1.82, 2.24) is 10.3 Å². The predicted molar refractivity (Wildman–Crippen MR) is 120 cm³/mol. The van der Waals surface area contributed by atoms with Crippen LogP contribution in [0.3, 0.4) is 0 Å². The molecule has 0 fully saturated rings. The highest BCUT2D eigenvalue weighted by Crippen LogP contribution is 2.25. The summed E-state index contributed by atoms with van der Waals surface area (Å²) in [4.78, 5) is 39.6. The zero-order chi connectivity index (χ0) is 23.8. The lowest BCUT2D eigenvalue weighted by atomic mass is 9.89. The number of imide groups is 1. The average molecular weight is 453 g/mol. The molecule has 1 aromatic heterocycles. The lowest BCUT2D eigenvalue weighted by Crippen LogP contribution is -2.42. The summed E-state index contributed by atoms with van der Waals surface area (Å²) in [6, 6.07) is 8.69. The summed E-state index contributed by atoms with van der Waals surface area (Å²) in [5.74, 6) is -0.658. The van der Waals surface area contributed by atoms with E-state index in [2.05, 4.69) is 9.72 Å². The lowest BCUT2D eigenvalue weighted by Gasteiger charge is -2.20. The first-order chi connectivity index (χ1) is 15.9. The Balaban J connectivity index is 1.50. The minimum Gasteiger partial charge on any atom is -0.494 e. The van der Waals surface area contributed by atoms with Crippen LogP contribution in [0.1, 0.15) is 24.3 Å². The fraction of sp³-hybridized carbons (Fsp3) is 0.333. The van der Waals surface area contributed by atoms with Crippen LogP contribution in [-0.4, -0.2) is 36.6 Å². The van der Waals surface area contributed by atoms with E-state index in [0.717, 1.165) is 17.0 Å². The number of aryl methyl sites for hydroxylation is 1. The maximum Gasteiger partial charge on any atom is 0.318 e. The van der Waals surface area contributed by atoms with E-state index >= 15 is 0 Å². The van der Waals surface area contributed by atoms with Gasteiger partial charge in [0.05, 0.1) is 19.4 Å². The third-order valence-corrected chi connectivity index (χ3v) is 5.26. The van der Waals surface area contributed by atoms with E-state index in [9.17, 15) is 14.4 Å². The molecule has 0 aliphatic heterocycles. The lowest BCUT2D eigenvalue weighted by molar-refractivity contribution is -0.150. The maximum atomic E-state index is 12.1. The Labute approximate surface area is 191 Å². The van der Waals surface area contributed by atoms with Crippen molar-refractivity contribution in [2.45, 2.75) is 26.2 Å². The number of nitrogens with one attached hydrogen (secondary N) is 1. The van der Waals surface area contributed by atoms with Gasteiger partial charge >= 0.3 is 12.0 Å². The number of carbonyl (C=O) groups is 3. The highest BCUT2D eigenvalue weighted by molar-refractivity contribution is 6.04. The molecule has 1 aliphatic rings. The van der Waals surface area contributed by atoms with Crippen molar-refractivity contribution in [3.8, 4) is 11.5 Å². The number of primary amides is 1. The van der Waals surface area contributed by atoms with Crippen molar-refractivity contribution in [2.75, 3.05) is 13.7 Å². The van der Waals surface area contributed by atoms with Gasteiger partial charge in [-0.05, 0) is 50.0 Å². The van der Waals surface area contributed by atoms with Gasteiger partial charge in [-0.15, -0.1) is 0 Å². The second kappa shape index (κ2) is 11.1. The third kappa shape index (κ3) is 6.55. The van der Waals surface area contributed by atoms with E-state index < -0.39 is 23.8 Å². The number of rotatable bonds is 9. The molecule has 33 heavy (non-hydrogen) atoms. The number of esters is 1. The van der Waals surface area contributed by atoms with Gasteiger partial charge in [-0.3, -0.25) is 14.9 Å². The number of hydrogen-bond donors (Lipinski definition) is 2. The molecule has 9 nitrogen and oxygen atoms in total. The van der Waals surface area contributed by atoms with Gasteiger partial charge in [0.2, 0.25) is 11.8 Å². The summed E-state index contributed by atoms with van der Waals surface area (Å²) in [7, 11) is 1.19. The van der Waals surface area contributed by atoms with Crippen molar-refractivity contribution in [2.24, 2.45) is 17.6 Å². The Hall–Kier alpha value is -3.88. The summed E-state index contributed by atoms with van der Waals surface area (Å²) in [6.45, 7) is 2.31. The van der Waals surface area contributed by atoms with Crippen LogP contribution in [-0.2, 0) is 25.5 Å². The molecular formula is C24H27N3O6. The molecule has 3 rings (SSSR count). The first-order valence-electron chi connectivity index (χ1n) is 10.6. The van der Waals surface area contributed by atoms with Crippen molar-refractivity contribution in [1.29, 1.82) is 0 Å². The number of amides is 3. The number of methoxy groups -OCH3 is 1. The van der Waals surface area contributed by atoms with E-state index in [4.69, 9.17) is 14.9 Å². The molecule has 2 unspecified atom stereocenters. The van der Waals surface area contributed by atoms with Crippen molar-refractivity contribution < 1.29 is 28.3 Å². The Bertz CT molecular complexity index is 1060. The minimum atomic E-state index is -1.12. The number of oxazole rings is 1. The largest absolute Gasteiger partial charge is 0.494 e. The van der Waals surface area contributed by atoms with Crippen molar-refractivity contribution in [3.63, 3.8) is 0 Å². The van der Waals surface area contributed by atoms with Crippen LogP contribution in [0.5, 0.6) is 0 Å². The minimum absolute atomic E-state index is 0.0914. The zero-order valence-electron chi connectivity index (χ0n) is 18.6. The molecule has 0 spiro atoms. The summed E-state index contributed by atoms with van der Waals surface area (Å²) in [5, 5.41) is 1.94. The number of nitrogens with zero attached hydrogens (tertiary/aromatic N) is 1. The van der Waals surface area contributed by atoms with Gasteiger partial charge in [0.1, 0.15) is 17.4 Å². The highest BCUT2D eigenvalue weighted by atomic mass is 16.5. The average Bonchev–Trinajstić information content (AvgIpc) is 3.18. The normalized spacial score (nSPS) is 15.9. The molecule has 1 aliphatic carbocycles. The first kappa shape index (κ1) is 23.8. The van der Waals surface area contributed by atoms with Crippen LogP contribution in [0.15, 0.2) is 58.7 Å². The van der Waals surface area contributed by atoms with Crippen molar-refractivity contribution >= 4 is 17.9 Å². The Kier molecular flexibility index (Phi) is 8.01. The Morgan fingerprint density at radius 2 is 2.03 bits per heavy atom. The topological polar surface area (TPSA) is 134 Å². The number of benzene rings is 1. The fourth-order valence-electron chi connectivity index (χ4n) is 3.52. The highest BCUT2D eigenvalue weighted by Gasteiger charge is 2.31. The summed E-state index contributed by atoms with van der Waals surface area (Å²) < 4.78 is 16.3. The summed E-state index contributed by atoms with van der Waals surface area (Å²) in [5.41, 5.74) is 6.74. The van der Waals surface area contributed by atoms with Crippen LogP contribution < -0.4 is 11.1 Å². The van der Waals surface area contributed by atoms with Crippen LogP contribution in [0.25, 0.3) is 11.5 Å². The molecule has 1 aromatic carbocycles. The third-order valence-electron chi connectivity index (χ3n) is 5.26. The number of allylic oxidation sites excluding steroid dienone is 3. The molecule has 2 aromatic rings. The van der Waals surface area contributed by atoms with Crippen LogP contribution in [0.2, 0.25) is 0 Å². The zero-order valence-corrected chi connectivity index (χ0v) is 18.6. The van der Waals surface area contributed by atoms with E-state index in [-0.39, 0.29) is 12.3 Å². The van der Waals surface area contributed by atoms with Crippen LogP contribution in [0, 0.1) is 18.8 Å². The van der Waals surface area contributed by atoms with Crippen LogP contribution >= 0.6 is 0 Å². The quantitative estimate of drug-likeness (QED) is 0.440. The van der Waals surface area contributed by atoms with E-state index in [1.165, 1.54) is 7.11 Å². The van der Waals surface area contributed by atoms with Gasteiger partial charge in [0, 0.05) is 12.0 Å². The van der Waals surface area contributed by atoms with Crippen LogP contribution in [0.4, 0.5) is 4.79 Å². The molecule has 3 N–H and O–H groups in total. The SMILES string of the molecule is COC(=O)C(CC1C=CC(OCCc2nc(-c3ccccc3)oc2C)=CC1)C(=O)NC(N)=O.